The molecule has 1 heterocycles. The van der Waals surface area contributed by atoms with Gasteiger partial charge >= 0.3 is 0 Å². The van der Waals surface area contributed by atoms with Gasteiger partial charge in [-0.2, -0.15) is 0 Å². The molecule has 1 fully saturated rings. The molecule has 0 aliphatic carbocycles. The molecule has 3 aromatic rings. The van der Waals surface area contributed by atoms with Crippen molar-refractivity contribution in [3.8, 4) is 5.75 Å². The van der Waals surface area contributed by atoms with E-state index < -0.39 is 0 Å². The Morgan fingerprint density at radius 2 is 1.62 bits per heavy atom. The number of para-hydroxylation sites is 1. The van der Waals surface area contributed by atoms with Crippen LogP contribution in [0.3, 0.4) is 0 Å². The molecule has 1 N–H and O–H groups in total. The molecule has 34 heavy (non-hydrogen) atoms. The first-order valence-electron chi connectivity index (χ1n) is 11.3. The van der Waals surface area contributed by atoms with Crippen LogP contribution in [0.4, 0.5) is 11.4 Å². The minimum Gasteiger partial charge on any atom is -0.484 e. The van der Waals surface area contributed by atoms with E-state index in [1.807, 2.05) is 73.3 Å². The zero-order chi connectivity index (χ0) is 24.1. The highest BCUT2D eigenvalue weighted by atomic mass is 35.5. The molecule has 176 valence electrons. The summed E-state index contributed by atoms with van der Waals surface area (Å²) in [5.74, 6) is 0.412. The van der Waals surface area contributed by atoms with Crippen molar-refractivity contribution in [2.24, 2.45) is 0 Å². The first kappa shape index (κ1) is 23.6. The molecule has 0 spiro atoms. The molecule has 2 amide bonds. The third kappa shape index (κ3) is 5.69. The van der Waals surface area contributed by atoms with Crippen molar-refractivity contribution in [3.63, 3.8) is 0 Å². The monoisotopic (exact) mass is 477 g/mol. The second-order valence-corrected chi connectivity index (χ2v) is 8.84. The van der Waals surface area contributed by atoms with Crippen molar-refractivity contribution < 1.29 is 14.3 Å². The number of ether oxygens (including phenoxy) is 1. The zero-order valence-corrected chi connectivity index (χ0v) is 20.1. The van der Waals surface area contributed by atoms with Crippen molar-refractivity contribution in [3.05, 3.63) is 88.4 Å². The van der Waals surface area contributed by atoms with Gasteiger partial charge in [0.1, 0.15) is 5.75 Å². The molecular weight excluding hydrogens is 450 g/mol. The van der Waals surface area contributed by atoms with Gasteiger partial charge in [-0.25, -0.2) is 0 Å². The average molecular weight is 478 g/mol. The van der Waals surface area contributed by atoms with Crippen LogP contribution in [0.5, 0.6) is 5.75 Å². The summed E-state index contributed by atoms with van der Waals surface area (Å²) in [6.45, 7) is 6.24. The quantitative estimate of drug-likeness (QED) is 0.546. The Morgan fingerprint density at radius 3 is 2.32 bits per heavy atom. The number of rotatable bonds is 6. The number of benzene rings is 3. The fraction of sp³-hybridized carbons (Fsp3) is 0.259. The van der Waals surface area contributed by atoms with Crippen LogP contribution in [-0.2, 0) is 4.79 Å². The predicted molar refractivity (Wildman–Crippen MR) is 136 cm³/mol. The smallest absolute Gasteiger partial charge is 0.262 e. The molecular formula is C27H28ClN3O3. The maximum atomic E-state index is 12.9. The largest absolute Gasteiger partial charge is 0.484 e. The molecule has 6 nitrogen and oxygen atoms in total. The second-order valence-electron chi connectivity index (χ2n) is 8.43. The van der Waals surface area contributed by atoms with Gasteiger partial charge in [0.25, 0.3) is 11.8 Å². The van der Waals surface area contributed by atoms with Gasteiger partial charge in [-0.1, -0.05) is 47.5 Å². The number of carbonyl (C=O) groups is 2. The fourth-order valence-corrected chi connectivity index (χ4v) is 4.28. The van der Waals surface area contributed by atoms with Crippen molar-refractivity contribution >= 4 is 34.8 Å². The number of amides is 2. The van der Waals surface area contributed by atoms with Crippen LogP contribution >= 0.6 is 11.6 Å². The highest BCUT2D eigenvalue weighted by molar-refractivity contribution is 6.34. The van der Waals surface area contributed by atoms with Crippen LogP contribution in [0.1, 0.15) is 21.5 Å². The van der Waals surface area contributed by atoms with Gasteiger partial charge < -0.3 is 19.9 Å². The SMILES string of the molecule is Cc1ccc(C(=O)N2CCN(c3c(Cl)cccc3NC(=O)COc3cccc(C)c3)CC2)cc1. The van der Waals surface area contributed by atoms with Gasteiger partial charge in [0.05, 0.1) is 16.4 Å². The van der Waals surface area contributed by atoms with Crippen LogP contribution in [0.2, 0.25) is 5.02 Å². The van der Waals surface area contributed by atoms with E-state index >= 15 is 0 Å². The van der Waals surface area contributed by atoms with Crippen LogP contribution in [0, 0.1) is 13.8 Å². The molecule has 1 aliphatic rings. The van der Waals surface area contributed by atoms with Crippen molar-refractivity contribution in [1.29, 1.82) is 0 Å². The maximum absolute atomic E-state index is 12.9. The Bertz CT molecular complexity index is 1170. The van der Waals surface area contributed by atoms with Gasteiger partial charge in [-0.05, 0) is 55.8 Å². The molecule has 0 unspecified atom stereocenters. The summed E-state index contributed by atoms with van der Waals surface area (Å²) in [6.07, 6.45) is 0. The number of carbonyl (C=O) groups excluding carboxylic acids is 2. The molecule has 4 rings (SSSR count). The lowest BCUT2D eigenvalue weighted by atomic mass is 10.1. The number of hydrogen-bond donors (Lipinski definition) is 1. The Kier molecular flexibility index (Phi) is 7.38. The van der Waals surface area contributed by atoms with Crippen LogP contribution in [-0.4, -0.2) is 49.5 Å². The third-order valence-corrected chi connectivity index (χ3v) is 6.11. The average Bonchev–Trinajstić information content (AvgIpc) is 2.83. The van der Waals surface area contributed by atoms with Crippen LogP contribution in [0.25, 0.3) is 0 Å². The number of piperazine rings is 1. The van der Waals surface area contributed by atoms with E-state index in [4.69, 9.17) is 16.3 Å². The van der Waals surface area contributed by atoms with E-state index in [1.165, 1.54) is 0 Å². The predicted octanol–water partition coefficient (Wildman–Crippen LogP) is 4.94. The molecule has 1 saturated heterocycles. The molecule has 0 saturated carbocycles. The number of halogens is 1. The van der Waals surface area contributed by atoms with E-state index in [0.29, 0.717) is 48.2 Å². The van der Waals surface area contributed by atoms with Gasteiger partial charge in [-0.15, -0.1) is 0 Å². The third-order valence-electron chi connectivity index (χ3n) is 5.80. The van der Waals surface area contributed by atoms with Gasteiger partial charge in [0.2, 0.25) is 0 Å². The van der Waals surface area contributed by atoms with Crippen molar-refractivity contribution in [2.45, 2.75) is 13.8 Å². The van der Waals surface area contributed by atoms with E-state index in [9.17, 15) is 9.59 Å². The number of hydrogen-bond acceptors (Lipinski definition) is 4. The summed E-state index contributed by atoms with van der Waals surface area (Å²) in [4.78, 5) is 29.4. The molecule has 3 aromatic carbocycles. The highest BCUT2D eigenvalue weighted by Crippen LogP contribution is 2.34. The lowest BCUT2D eigenvalue weighted by Crippen LogP contribution is -2.49. The normalized spacial score (nSPS) is 13.5. The maximum Gasteiger partial charge on any atom is 0.262 e. The first-order chi connectivity index (χ1) is 16.4. The van der Waals surface area contributed by atoms with Crippen LogP contribution < -0.4 is 15.0 Å². The standard InChI is InChI=1S/C27H28ClN3O3/c1-19-9-11-21(12-10-19)27(33)31-15-13-30(14-16-31)26-23(28)7-4-8-24(26)29-25(32)18-34-22-6-3-5-20(2)17-22/h3-12,17H,13-16,18H2,1-2H3,(H,29,32). The van der Waals surface area contributed by atoms with E-state index in [-0.39, 0.29) is 18.4 Å². The second kappa shape index (κ2) is 10.6. The van der Waals surface area contributed by atoms with Crippen LogP contribution in [0.15, 0.2) is 66.7 Å². The summed E-state index contributed by atoms with van der Waals surface area (Å²) in [5.41, 5.74) is 4.27. The lowest BCUT2D eigenvalue weighted by Gasteiger charge is -2.37. The Balaban J connectivity index is 1.39. The molecule has 1 aliphatic heterocycles. The van der Waals surface area contributed by atoms with Gasteiger partial charge in [0.15, 0.2) is 6.61 Å². The first-order valence-corrected chi connectivity index (χ1v) is 11.7. The zero-order valence-electron chi connectivity index (χ0n) is 19.4. The summed E-state index contributed by atoms with van der Waals surface area (Å²) < 4.78 is 5.62. The number of aryl methyl sites for hydroxylation is 2. The summed E-state index contributed by atoms with van der Waals surface area (Å²) in [6, 6.07) is 20.6. The molecule has 0 atom stereocenters. The number of nitrogens with zero attached hydrogens (tertiary/aromatic N) is 2. The fourth-order valence-electron chi connectivity index (χ4n) is 3.99. The van der Waals surface area contributed by atoms with E-state index in [0.717, 1.165) is 16.8 Å². The Labute approximate surface area is 205 Å². The van der Waals surface area contributed by atoms with Gasteiger partial charge in [0, 0.05) is 31.7 Å². The molecule has 0 radical (unpaired) electrons. The molecule has 7 heteroatoms. The Hall–Kier alpha value is -3.51. The Morgan fingerprint density at radius 1 is 0.912 bits per heavy atom. The minimum atomic E-state index is -0.266. The number of nitrogens with one attached hydrogen (secondary N) is 1. The summed E-state index contributed by atoms with van der Waals surface area (Å²) >= 11 is 6.54. The van der Waals surface area contributed by atoms with E-state index in [2.05, 4.69) is 10.2 Å². The topological polar surface area (TPSA) is 61.9 Å². The minimum absolute atomic E-state index is 0.0284. The van der Waals surface area contributed by atoms with Gasteiger partial charge in [-0.3, -0.25) is 9.59 Å². The number of anilines is 2. The summed E-state index contributed by atoms with van der Waals surface area (Å²) in [5, 5.41) is 3.48. The van der Waals surface area contributed by atoms with Crippen molar-refractivity contribution in [2.75, 3.05) is 43.0 Å². The van der Waals surface area contributed by atoms with E-state index in [1.54, 1.807) is 12.1 Å². The highest BCUT2D eigenvalue weighted by Gasteiger charge is 2.25. The lowest BCUT2D eigenvalue weighted by molar-refractivity contribution is -0.118. The van der Waals surface area contributed by atoms with Crippen molar-refractivity contribution in [1.82, 2.24) is 4.90 Å². The molecule has 0 bridgehead atoms. The summed E-state index contributed by atoms with van der Waals surface area (Å²) in [7, 11) is 0. The molecule has 0 aromatic heterocycles.